The number of carbonyl (C=O) groups is 2. The number of anilines is 1. The van der Waals surface area contributed by atoms with Gasteiger partial charge in [0.25, 0.3) is 0 Å². The summed E-state index contributed by atoms with van der Waals surface area (Å²) in [4.78, 5) is 41.2. The Labute approximate surface area is 284 Å². The van der Waals surface area contributed by atoms with Crippen LogP contribution in [0, 0.1) is 0 Å². The molecule has 18 heteroatoms. The van der Waals surface area contributed by atoms with Crippen molar-refractivity contribution in [1.82, 2.24) is 14.5 Å². The highest BCUT2D eigenvalue weighted by molar-refractivity contribution is 7.47. The minimum atomic E-state index is -4.33. The molecule has 274 valence electrons. The molecule has 0 amide bonds. The first-order valence-electron chi connectivity index (χ1n) is 16.0. The first-order valence-corrected chi connectivity index (χ1v) is 17.5. The van der Waals surface area contributed by atoms with Gasteiger partial charge in [0.2, 0.25) is 0 Å². The maximum atomic E-state index is 12.2. The summed E-state index contributed by atoms with van der Waals surface area (Å²) in [6, 6.07) is 5.31. The first-order chi connectivity index (χ1) is 23.5. The second kappa shape index (κ2) is 21.0. The molecule has 0 aliphatic carbocycles. The number of aromatic nitrogens is 3. The zero-order valence-corrected chi connectivity index (χ0v) is 29.1. The summed E-state index contributed by atoms with van der Waals surface area (Å²) in [6.07, 6.45) is 2.02. The van der Waals surface area contributed by atoms with E-state index in [0.717, 1.165) is 36.0 Å². The van der Waals surface area contributed by atoms with E-state index >= 15 is 0 Å². The summed E-state index contributed by atoms with van der Waals surface area (Å²) < 4.78 is 55.7. The number of carbonyl (C=O) groups excluding carboxylic acids is 2. The molecule has 1 unspecified atom stereocenters. The van der Waals surface area contributed by atoms with Gasteiger partial charge in [0.15, 0.2) is 11.9 Å². The minimum absolute atomic E-state index is 0.0300. The molecule has 4 N–H and O–H groups in total. The molecule has 17 nitrogen and oxygen atoms in total. The number of nitrogens with zero attached hydrogens (tertiary/aromatic N) is 3. The molecule has 2 atom stereocenters. The third-order valence-corrected chi connectivity index (χ3v) is 7.79. The van der Waals surface area contributed by atoms with Crippen molar-refractivity contribution in [1.29, 1.82) is 0 Å². The predicted molar refractivity (Wildman–Crippen MR) is 177 cm³/mol. The van der Waals surface area contributed by atoms with Crippen LogP contribution in [0.2, 0.25) is 0 Å². The lowest BCUT2D eigenvalue weighted by Gasteiger charge is -2.16. The van der Waals surface area contributed by atoms with Crippen LogP contribution in [0.1, 0.15) is 39.4 Å². The normalized spacial score (nSPS) is 13.4. The Morgan fingerprint density at radius 1 is 0.939 bits per heavy atom. The number of imidazole rings is 1. The molecule has 0 fully saturated rings. The highest BCUT2D eigenvalue weighted by atomic mass is 31.2. The molecule has 0 aliphatic heterocycles. The van der Waals surface area contributed by atoms with Gasteiger partial charge in [-0.1, -0.05) is 13.3 Å². The second-order valence-electron chi connectivity index (χ2n) is 10.7. The number of unbranched alkanes of at least 4 members (excludes halogenated alkanes) is 1. The molecule has 49 heavy (non-hydrogen) atoms. The number of hydrogen-bond donors (Lipinski definition) is 3. The Balaban J connectivity index is 1.32. The fourth-order valence-corrected chi connectivity index (χ4v) is 5.36. The van der Waals surface area contributed by atoms with Crippen molar-refractivity contribution in [2.75, 3.05) is 78.4 Å². The summed E-state index contributed by atoms with van der Waals surface area (Å²) in [5, 5.41) is 10.5. The smallest absolute Gasteiger partial charge is 0.472 e. The van der Waals surface area contributed by atoms with Crippen LogP contribution in [0.4, 0.5) is 5.82 Å². The van der Waals surface area contributed by atoms with E-state index in [2.05, 4.69) is 11.9 Å². The molecule has 0 saturated carbocycles. The SMILES string of the molecule is CCCCc1nc2c(N)nc3cc(OCCOP(=O)(O)OCCOCCOCCOC[C@@H](COC(C)=O)OC(C)=O)ccc3c2n1CCO. The number of aryl methyl sites for hydroxylation is 1. The summed E-state index contributed by atoms with van der Waals surface area (Å²) in [6.45, 7) is 5.38. The van der Waals surface area contributed by atoms with Crippen molar-refractivity contribution < 1.29 is 61.6 Å². The van der Waals surface area contributed by atoms with E-state index < -0.39 is 25.9 Å². The van der Waals surface area contributed by atoms with Crippen LogP contribution in [0.25, 0.3) is 21.9 Å². The Hall–Kier alpha value is -3.41. The lowest BCUT2D eigenvalue weighted by Crippen LogP contribution is -2.29. The predicted octanol–water partition coefficient (Wildman–Crippen LogP) is 2.56. The van der Waals surface area contributed by atoms with E-state index in [1.807, 2.05) is 10.6 Å². The van der Waals surface area contributed by atoms with Gasteiger partial charge >= 0.3 is 19.8 Å². The van der Waals surface area contributed by atoms with Crippen LogP contribution in [0.15, 0.2) is 18.2 Å². The van der Waals surface area contributed by atoms with Gasteiger partial charge in [-0.05, 0) is 18.6 Å². The molecule has 2 heterocycles. The average molecular weight is 715 g/mol. The zero-order chi connectivity index (χ0) is 35.6. The lowest BCUT2D eigenvalue weighted by atomic mass is 10.1. The van der Waals surface area contributed by atoms with Crippen molar-refractivity contribution in [3.05, 3.63) is 24.0 Å². The largest absolute Gasteiger partial charge is 0.491 e. The number of esters is 2. The van der Waals surface area contributed by atoms with Crippen LogP contribution in [-0.4, -0.2) is 115 Å². The van der Waals surface area contributed by atoms with Gasteiger partial charge < -0.3 is 48.7 Å². The number of pyridine rings is 1. The number of nitrogen functional groups attached to an aromatic ring is 1. The highest BCUT2D eigenvalue weighted by Gasteiger charge is 2.21. The standard InChI is InChI=1S/C31H47N4O13P/c1-4-5-6-28-34-29-30(35(28)9-10-36)26-8-7-24(19-27(26)33-31(29)32)44-16-18-47-49(39,40)46-17-15-42-12-11-41-13-14-43-20-25(48-23(3)38)21-45-22(2)37/h7-8,19,25,36H,4-6,9-18,20-21H2,1-3H3,(H2,32,33)(H,39,40)/t25-/m0/s1. The molecule has 0 spiro atoms. The van der Waals surface area contributed by atoms with Gasteiger partial charge in [-0.15, -0.1) is 0 Å². The lowest BCUT2D eigenvalue weighted by molar-refractivity contribution is -0.160. The van der Waals surface area contributed by atoms with Crippen LogP contribution in [-0.2, 0) is 59.9 Å². The molecular formula is C31H47N4O13P. The van der Waals surface area contributed by atoms with Gasteiger partial charge in [-0.25, -0.2) is 14.5 Å². The number of aliphatic hydroxyl groups is 1. The monoisotopic (exact) mass is 714 g/mol. The van der Waals surface area contributed by atoms with E-state index in [0.29, 0.717) is 23.3 Å². The van der Waals surface area contributed by atoms with Gasteiger partial charge in [0.1, 0.15) is 30.3 Å². The maximum Gasteiger partial charge on any atom is 0.472 e. The van der Waals surface area contributed by atoms with Crippen molar-refractivity contribution in [3.63, 3.8) is 0 Å². The fourth-order valence-electron chi connectivity index (χ4n) is 4.67. The van der Waals surface area contributed by atoms with Gasteiger partial charge in [0.05, 0.1) is 70.5 Å². The highest BCUT2D eigenvalue weighted by Crippen LogP contribution is 2.42. The molecule has 1 aromatic carbocycles. The van der Waals surface area contributed by atoms with Crippen LogP contribution < -0.4 is 10.5 Å². The van der Waals surface area contributed by atoms with E-state index in [1.165, 1.54) is 13.8 Å². The third-order valence-electron chi connectivity index (χ3n) is 6.77. The van der Waals surface area contributed by atoms with Crippen LogP contribution >= 0.6 is 7.82 Å². The zero-order valence-electron chi connectivity index (χ0n) is 28.2. The first kappa shape index (κ1) is 40.0. The summed E-state index contributed by atoms with van der Waals surface area (Å²) in [5.41, 5.74) is 8.24. The van der Waals surface area contributed by atoms with Gasteiger partial charge in [0, 0.05) is 38.3 Å². The quantitative estimate of drug-likeness (QED) is 0.0652. The Morgan fingerprint density at radius 3 is 2.27 bits per heavy atom. The molecule has 0 radical (unpaired) electrons. The number of rotatable bonds is 25. The third kappa shape index (κ3) is 13.8. The fraction of sp³-hybridized carbons (Fsp3) is 0.613. The molecular weight excluding hydrogens is 667 g/mol. The summed E-state index contributed by atoms with van der Waals surface area (Å²) >= 11 is 0. The Kier molecular flexibility index (Phi) is 17.1. The van der Waals surface area contributed by atoms with E-state index in [1.54, 1.807) is 12.1 Å². The number of phosphoric acid groups is 1. The molecule has 0 aliphatic rings. The molecule has 0 bridgehead atoms. The number of phosphoric ester groups is 1. The average Bonchev–Trinajstić information content (AvgIpc) is 3.42. The number of nitrogens with two attached hydrogens (primary N) is 1. The number of ether oxygens (including phenoxy) is 6. The topological polar surface area (TPSA) is 222 Å². The minimum Gasteiger partial charge on any atom is -0.491 e. The Morgan fingerprint density at radius 2 is 1.61 bits per heavy atom. The van der Waals surface area contributed by atoms with Crippen LogP contribution in [0.3, 0.4) is 0 Å². The molecule has 3 rings (SSSR count). The number of hydrogen-bond acceptors (Lipinski definition) is 15. The van der Waals surface area contributed by atoms with Crippen molar-refractivity contribution >= 4 is 47.5 Å². The Bertz CT molecular complexity index is 1540. The van der Waals surface area contributed by atoms with E-state index in [9.17, 15) is 24.2 Å². The molecule has 3 aromatic rings. The maximum absolute atomic E-state index is 12.2. The summed E-state index contributed by atoms with van der Waals surface area (Å²) in [5.74, 6) is 0.587. The van der Waals surface area contributed by atoms with Crippen molar-refractivity contribution in [2.45, 2.75) is 52.7 Å². The number of benzene rings is 1. The number of aliphatic hydroxyl groups excluding tert-OH is 1. The van der Waals surface area contributed by atoms with Crippen molar-refractivity contribution in [2.24, 2.45) is 0 Å². The van der Waals surface area contributed by atoms with Gasteiger partial charge in [-0.3, -0.25) is 18.6 Å². The number of fused-ring (bicyclic) bond motifs is 3. The van der Waals surface area contributed by atoms with Crippen molar-refractivity contribution in [3.8, 4) is 5.75 Å². The molecule has 2 aromatic heterocycles. The summed E-state index contributed by atoms with van der Waals surface area (Å²) in [7, 11) is -4.33. The van der Waals surface area contributed by atoms with Gasteiger partial charge in [-0.2, -0.15) is 0 Å². The van der Waals surface area contributed by atoms with E-state index in [4.69, 9.17) is 48.2 Å². The van der Waals surface area contributed by atoms with Crippen LogP contribution in [0.5, 0.6) is 5.75 Å². The van der Waals surface area contributed by atoms with E-state index in [-0.39, 0.29) is 78.5 Å². The molecule has 0 saturated heterocycles. The second-order valence-corrected chi connectivity index (χ2v) is 12.2.